The van der Waals surface area contributed by atoms with Gasteiger partial charge >= 0.3 is 0 Å². The topological polar surface area (TPSA) is 78.8 Å². The summed E-state index contributed by atoms with van der Waals surface area (Å²) in [4.78, 5) is 1.12. The van der Waals surface area contributed by atoms with Crippen molar-refractivity contribution < 1.29 is 13.5 Å². The third-order valence-corrected chi connectivity index (χ3v) is 5.28. The van der Waals surface area contributed by atoms with Crippen molar-refractivity contribution >= 4 is 33.3 Å². The van der Waals surface area contributed by atoms with Crippen LogP contribution < -0.4 is 5.32 Å². The molecule has 1 aliphatic heterocycles. The Kier molecular flexibility index (Phi) is 3.60. The molecule has 0 spiro atoms. The molecule has 0 unspecified atom stereocenters. The molecular formula is C14H12N2O3S2. The lowest BCUT2D eigenvalue weighted by Gasteiger charge is -2.17. The van der Waals surface area contributed by atoms with Gasteiger partial charge in [0, 0.05) is 4.90 Å². The van der Waals surface area contributed by atoms with Gasteiger partial charge in [-0.15, -0.1) is 16.2 Å². The maximum atomic E-state index is 12.1. The molecule has 0 aliphatic carbocycles. The van der Waals surface area contributed by atoms with Gasteiger partial charge in [0.05, 0.1) is 11.4 Å². The van der Waals surface area contributed by atoms with Crippen LogP contribution in [0.15, 0.2) is 62.7 Å². The molecule has 1 heterocycles. The van der Waals surface area contributed by atoms with Crippen LogP contribution in [-0.2, 0) is 10.0 Å². The summed E-state index contributed by atoms with van der Waals surface area (Å²) < 4.78 is 27.9. The third-order valence-electron chi connectivity index (χ3n) is 2.89. The molecule has 0 radical (unpaired) electrons. The summed E-state index contributed by atoms with van der Waals surface area (Å²) in [6.45, 7) is 0. The second-order valence-electron chi connectivity index (χ2n) is 4.42. The third kappa shape index (κ3) is 3.03. The van der Waals surface area contributed by atoms with E-state index < -0.39 is 10.0 Å². The van der Waals surface area contributed by atoms with Gasteiger partial charge in [-0.2, -0.15) is 8.42 Å². The van der Waals surface area contributed by atoms with Crippen LogP contribution in [-0.4, -0.2) is 25.1 Å². The lowest BCUT2D eigenvalue weighted by Crippen LogP contribution is -2.23. The van der Waals surface area contributed by atoms with E-state index in [9.17, 15) is 13.5 Å². The molecule has 0 bridgehead atoms. The average Bonchev–Trinajstić information content (AvgIpc) is 2.46. The van der Waals surface area contributed by atoms with Crippen LogP contribution in [0.1, 0.15) is 0 Å². The van der Waals surface area contributed by atoms with Crippen LogP contribution in [0.25, 0.3) is 0 Å². The summed E-state index contributed by atoms with van der Waals surface area (Å²) in [5, 5.41) is 12.3. The largest absolute Gasteiger partial charge is 0.508 e. The Labute approximate surface area is 126 Å². The molecule has 0 atom stereocenters. The number of hydrogen-bond donors (Lipinski definition) is 2. The predicted octanol–water partition coefficient (Wildman–Crippen LogP) is 2.70. The first-order chi connectivity index (χ1) is 10.0. The number of anilines is 1. The molecule has 0 saturated heterocycles. The number of aromatic hydroxyl groups is 1. The highest BCUT2D eigenvalue weighted by Gasteiger charge is 2.23. The van der Waals surface area contributed by atoms with Gasteiger partial charge in [-0.05, 0) is 36.4 Å². The van der Waals surface area contributed by atoms with E-state index in [2.05, 4.69) is 9.71 Å². The van der Waals surface area contributed by atoms with Gasteiger partial charge < -0.3 is 10.4 Å². The van der Waals surface area contributed by atoms with Crippen LogP contribution in [0.4, 0.5) is 5.69 Å². The SMILES string of the molecule is O=S1(=O)N=C(CSc2ccc(O)cc2)Nc2ccccc21. The number of phenolic OH excluding ortho intramolecular Hbond substituents is 1. The molecule has 0 amide bonds. The molecule has 0 aromatic heterocycles. The number of sulfonamides is 1. The van der Waals surface area contributed by atoms with Crippen molar-refractivity contribution in [1.82, 2.24) is 0 Å². The van der Waals surface area contributed by atoms with E-state index in [1.807, 2.05) is 0 Å². The number of rotatable bonds is 3. The van der Waals surface area contributed by atoms with Crippen LogP contribution in [0.5, 0.6) is 5.75 Å². The van der Waals surface area contributed by atoms with Crippen molar-refractivity contribution in [3.63, 3.8) is 0 Å². The van der Waals surface area contributed by atoms with Crippen LogP contribution >= 0.6 is 11.8 Å². The lowest BCUT2D eigenvalue weighted by atomic mass is 10.3. The van der Waals surface area contributed by atoms with Gasteiger partial charge in [0.2, 0.25) is 0 Å². The zero-order valence-electron chi connectivity index (χ0n) is 10.9. The van der Waals surface area contributed by atoms with E-state index in [0.29, 0.717) is 17.3 Å². The molecule has 2 aromatic rings. The fraction of sp³-hybridized carbons (Fsp3) is 0.0714. The first-order valence-corrected chi connectivity index (χ1v) is 8.59. The number of benzene rings is 2. The Morgan fingerprint density at radius 3 is 2.57 bits per heavy atom. The van der Waals surface area contributed by atoms with Crippen molar-refractivity contribution in [2.45, 2.75) is 9.79 Å². The molecule has 2 aromatic carbocycles. The minimum atomic E-state index is -3.63. The number of para-hydroxylation sites is 1. The Morgan fingerprint density at radius 1 is 1.10 bits per heavy atom. The molecule has 2 N–H and O–H groups in total. The summed E-state index contributed by atoms with van der Waals surface area (Å²) in [7, 11) is -3.63. The number of thioether (sulfide) groups is 1. The highest BCUT2D eigenvalue weighted by molar-refractivity contribution is 8.00. The number of fused-ring (bicyclic) bond motifs is 1. The monoisotopic (exact) mass is 320 g/mol. The molecule has 108 valence electrons. The minimum absolute atomic E-state index is 0.198. The van der Waals surface area contributed by atoms with E-state index >= 15 is 0 Å². The first kappa shape index (κ1) is 14.0. The fourth-order valence-corrected chi connectivity index (χ4v) is 3.92. The van der Waals surface area contributed by atoms with Crippen LogP contribution in [0, 0.1) is 0 Å². The van der Waals surface area contributed by atoms with E-state index in [1.54, 1.807) is 42.5 Å². The molecule has 0 fully saturated rings. The van der Waals surface area contributed by atoms with Gasteiger partial charge in [-0.1, -0.05) is 12.1 Å². The van der Waals surface area contributed by atoms with Crippen LogP contribution in [0.2, 0.25) is 0 Å². The quantitative estimate of drug-likeness (QED) is 0.850. The molecule has 21 heavy (non-hydrogen) atoms. The zero-order chi connectivity index (χ0) is 14.9. The molecule has 3 rings (SSSR count). The standard InChI is InChI=1S/C14H12N2O3S2/c17-10-5-7-11(8-6-10)20-9-14-15-12-3-1-2-4-13(12)21(18,19)16-14/h1-8,17H,9H2,(H,15,16). The first-order valence-electron chi connectivity index (χ1n) is 6.16. The van der Waals surface area contributed by atoms with Gasteiger partial charge in [-0.3, -0.25) is 0 Å². The number of nitrogens with zero attached hydrogens (tertiary/aromatic N) is 1. The van der Waals surface area contributed by atoms with Gasteiger partial charge in [0.15, 0.2) is 0 Å². The van der Waals surface area contributed by atoms with Crippen molar-refractivity contribution in [2.75, 3.05) is 11.1 Å². The molecule has 0 saturated carbocycles. The summed E-state index contributed by atoms with van der Waals surface area (Å²) in [5.41, 5.74) is 0.550. The number of amidine groups is 1. The summed E-state index contributed by atoms with van der Waals surface area (Å²) >= 11 is 1.44. The maximum absolute atomic E-state index is 12.1. The normalized spacial score (nSPS) is 15.7. The number of hydrogen-bond acceptors (Lipinski definition) is 5. The van der Waals surface area contributed by atoms with E-state index in [1.165, 1.54) is 17.8 Å². The number of phenols is 1. The predicted molar refractivity (Wildman–Crippen MR) is 83.5 cm³/mol. The maximum Gasteiger partial charge on any atom is 0.286 e. The Morgan fingerprint density at radius 2 is 1.81 bits per heavy atom. The molecule has 7 heteroatoms. The molecular weight excluding hydrogens is 308 g/mol. The van der Waals surface area contributed by atoms with E-state index in [-0.39, 0.29) is 10.6 Å². The average molecular weight is 320 g/mol. The second-order valence-corrected chi connectivity index (χ2v) is 7.04. The van der Waals surface area contributed by atoms with Crippen molar-refractivity contribution in [3.05, 3.63) is 48.5 Å². The van der Waals surface area contributed by atoms with Gasteiger partial charge in [0.25, 0.3) is 10.0 Å². The Hall–Kier alpha value is -1.99. The smallest absolute Gasteiger partial charge is 0.286 e. The minimum Gasteiger partial charge on any atom is -0.508 e. The highest BCUT2D eigenvalue weighted by Crippen LogP contribution is 2.28. The van der Waals surface area contributed by atoms with Crippen LogP contribution in [0.3, 0.4) is 0 Å². The summed E-state index contributed by atoms with van der Waals surface area (Å²) in [6, 6.07) is 13.4. The molecule has 5 nitrogen and oxygen atoms in total. The summed E-state index contributed by atoms with van der Waals surface area (Å²) in [6.07, 6.45) is 0. The fourth-order valence-electron chi connectivity index (χ4n) is 1.92. The zero-order valence-corrected chi connectivity index (χ0v) is 12.5. The van der Waals surface area contributed by atoms with Crippen molar-refractivity contribution in [2.24, 2.45) is 4.40 Å². The van der Waals surface area contributed by atoms with Gasteiger partial charge in [-0.25, -0.2) is 0 Å². The van der Waals surface area contributed by atoms with E-state index in [4.69, 9.17) is 0 Å². The van der Waals surface area contributed by atoms with Gasteiger partial charge in [0.1, 0.15) is 16.5 Å². The Bertz CT molecular complexity index is 799. The number of nitrogens with one attached hydrogen (secondary N) is 1. The highest BCUT2D eigenvalue weighted by atomic mass is 32.2. The van der Waals surface area contributed by atoms with Crippen molar-refractivity contribution in [3.8, 4) is 5.75 Å². The summed E-state index contributed by atoms with van der Waals surface area (Å²) in [5.74, 6) is 0.994. The second kappa shape index (κ2) is 5.42. The Balaban J connectivity index is 1.79. The lowest BCUT2D eigenvalue weighted by molar-refractivity contribution is 0.475. The van der Waals surface area contributed by atoms with E-state index in [0.717, 1.165) is 4.90 Å². The molecule has 1 aliphatic rings. The van der Waals surface area contributed by atoms with Crippen molar-refractivity contribution in [1.29, 1.82) is 0 Å².